The number of para-hydroxylation sites is 1. The molecular weight excluding hydrogens is 254 g/mol. The molecule has 0 aliphatic rings. The van der Waals surface area contributed by atoms with E-state index in [1.54, 1.807) is 6.26 Å². The van der Waals surface area contributed by atoms with Gasteiger partial charge in [0.2, 0.25) is 0 Å². The summed E-state index contributed by atoms with van der Waals surface area (Å²) < 4.78 is 10.8. The summed E-state index contributed by atoms with van der Waals surface area (Å²) in [6, 6.07) is 7.45. The molecule has 0 aliphatic heterocycles. The summed E-state index contributed by atoms with van der Waals surface area (Å²) in [6.45, 7) is 6.13. The first kappa shape index (κ1) is 12.9. The van der Waals surface area contributed by atoms with E-state index in [4.69, 9.17) is 14.7 Å². The van der Waals surface area contributed by atoms with Gasteiger partial charge in [0.05, 0.1) is 11.6 Å². The highest BCUT2D eigenvalue weighted by molar-refractivity contribution is 5.91. The lowest BCUT2D eigenvalue weighted by molar-refractivity contribution is 0.303. The van der Waals surface area contributed by atoms with E-state index in [9.17, 15) is 0 Å². The predicted molar refractivity (Wildman–Crippen MR) is 75.9 cm³/mol. The van der Waals surface area contributed by atoms with Crippen LogP contribution in [0.4, 0.5) is 0 Å². The Morgan fingerprint density at radius 2 is 1.95 bits per heavy atom. The zero-order valence-electron chi connectivity index (χ0n) is 11.8. The Kier molecular flexibility index (Phi) is 2.87. The smallest absolute Gasteiger partial charge is 0.261 e. The maximum absolute atomic E-state index is 6.14. The Bertz CT molecular complexity index is 737. The maximum atomic E-state index is 6.14. The van der Waals surface area contributed by atoms with Gasteiger partial charge in [0.1, 0.15) is 11.8 Å². The first-order chi connectivity index (χ1) is 9.47. The lowest BCUT2D eigenvalue weighted by Gasteiger charge is -2.23. The van der Waals surface area contributed by atoms with Crippen molar-refractivity contribution in [3.8, 4) is 11.5 Å². The average Bonchev–Trinajstić information content (AvgIpc) is 3.02. The van der Waals surface area contributed by atoms with Crippen LogP contribution in [0.5, 0.6) is 0 Å². The Balaban J connectivity index is 2.02. The fourth-order valence-electron chi connectivity index (χ4n) is 2.00. The third kappa shape index (κ3) is 2.10. The molecular formula is C15H17N3O2. The molecule has 0 saturated carbocycles. The average molecular weight is 271 g/mol. The van der Waals surface area contributed by atoms with Gasteiger partial charge in [0.15, 0.2) is 5.82 Å². The summed E-state index contributed by atoms with van der Waals surface area (Å²) in [5, 5.41) is 4.94. The van der Waals surface area contributed by atoms with Crippen LogP contribution < -0.4 is 5.73 Å². The van der Waals surface area contributed by atoms with E-state index >= 15 is 0 Å². The van der Waals surface area contributed by atoms with Crippen LogP contribution in [0.3, 0.4) is 0 Å². The van der Waals surface area contributed by atoms with Crippen molar-refractivity contribution in [3.05, 3.63) is 36.4 Å². The van der Waals surface area contributed by atoms with E-state index in [0.29, 0.717) is 11.7 Å². The summed E-state index contributed by atoms with van der Waals surface area (Å²) in [4.78, 5) is 4.41. The van der Waals surface area contributed by atoms with Gasteiger partial charge in [0, 0.05) is 5.39 Å². The van der Waals surface area contributed by atoms with E-state index in [-0.39, 0.29) is 11.5 Å². The highest BCUT2D eigenvalue weighted by atomic mass is 16.5. The third-order valence-corrected chi connectivity index (χ3v) is 3.36. The van der Waals surface area contributed by atoms with Crippen LogP contribution in [0.1, 0.15) is 32.6 Å². The van der Waals surface area contributed by atoms with Crippen molar-refractivity contribution in [2.24, 2.45) is 11.1 Å². The minimum Gasteiger partial charge on any atom is -0.463 e. The quantitative estimate of drug-likeness (QED) is 0.771. The Morgan fingerprint density at radius 3 is 2.70 bits per heavy atom. The SMILES string of the molecule is CC(C)(C)C(N)c1noc(-c2coc3ccccc23)n1. The lowest BCUT2D eigenvalue weighted by Crippen LogP contribution is -2.27. The molecule has 104 valence electrons. The highest BCUT2D eigenvalue weighted by Crippen LogP contribution is 2.32. The normalized spacial score (nSPS) is 13.8. The molecule has 1 atom stereocenters. The van der Waals surface area contributed by atoms with E-state index < -0.39 is 0 Å². The minimum atomic E-state index is -0.279. The monoisotopic (exact) mass is 271 g/mol. The molecule has 0 fully saturated rings. The number of nitrogens with two attached hydrogens (primary N) is 1. The van der Waals surface area contributed by atoms with Crippen molar-refractivity contribution in [1.29, 1.82) is 0 Å². The Hall–Kier alpha value is -2.14. The van der Waals surface area contributed by atoms with Crippen LogP contribution in [-0.2, 0) is 0 Å². The molecule has 0 amide bonds. The molecule has 0 saturated heterocycles. The number of aromatic nitrogens is 2. The zero-order valence-corrected chi connectivity index (χ0v) is 11.8. The Labute approximate surface area is 116 Å². The van der Waals surface area contributed by atoms with Crippen LogP contribution >= 0.6 is 0 Å². The molecule has 2 N–H and O–H groups in total. The summed E-state index contributed by atoms with van der Waals surface area (Å²) >= 11 is 0. The molecule has 20 heavy (non-hydrogen) atoms. The summed E-state index contributed by atoms with van der Waals surface area (Å²) in [6.07, 6.45) is 1.63. The van der Waals surface area contributed by atoms with Gasteiger partial charge in [-0.3, -0.25) is 0 Å². The molecule has 5 heteroatoms. The third-order valence-electron chi connectivity index (χ3n) is 3.36. The van der Waals surface area contributed by atoms with Gasteiger partial charge in [-0.2, -0.15) is 4.98 Å². The molecule has 3 rings (SSSR count). The summed E-state index contributed by atoms with van der Waals surface area (Å²) in [7, 11) is 0. The van der Waals surface area contributed by atoms with Gasteiger partial charge in [-0.05, 0) is 11.5 Å². The second-order valence-corrected chi connectivity index (χ2v) is 5.95. The lowest BCUT2D eigenvalue weighted by atomic mass is 9.87. The second-order valence-electron chi connectivity index (χ2n) is 5.95. The van der Waals surface area contributed by atoms with Crippen molar-refractivity contribution in [3.63, 3.8) is 0 Å². The van der Waals surface area contributed by atoms with Gasteiger partial charge in [-0.25, -0.2) is 0 Å². The number of rotatable bonds is 2. The van der Waals surface area contributed by atoms with Gasteiger partial charge in [-0.15, -0.1) is 0 Å². The topological polar surface area (TPSA) is 78.1 Å². The van der Waals surface area contributed by atoms with Crippen molar-refractivity contribution in [2.45, 2.75) is 26.8 Å². The van der Waals surface area contributed by atoms with Gasteiger partial charge in [-0.1, -0.05) is 44.1 Å². The fraction of sp³-hybridized carbons (Fsp3) is 0.333. The number of furan rings is 1. The number of fused-ring (bicyclic) bond motifs is 1. The first-order valence-electron chi connectivity index (χ1n) is 6.52. The number of benzene rings is 1. The second kappa shape index (κ2) is 4.45. The summed E-state index contributed by atoms with van der Waals surface area (Å²) in [5.41, 5.74) is 7.60. The Morgan fingerprint density at radius 1 is 1.20 bits per heavy atom. The van der Waals surface area contributed by atoms with Gasteiger partial charge in [0.25, 0.3) is 5.89 Å². The highest BCUT2D eigenvalue weighted by Gasteiger charge is 2.27. The molecule has 5 nitrogen and oxygen atoms in total. The van der Waals surface area contributed by atoms with E-state index in [0.717, 1.165) is 16.5 Å². The predicted octanol–water partition coefficient (Wildman–Crippen LogP) is 3.53. The molecule has 1 aromatic carbocycles. The summed E-state index contributed by atoms with van der Waals surface area (Å²) in [5.74, 6) is 0.947. The first-order valence-corrected chi connectivity index (χ1v) is 6.52. The van der Waals surface area contributed by atoms with E-state index in [1.807, 2.05) is 45.0 Å². The number of hydrogen-bond acceptors (Lipinski definition) is 5. The van der Waals surface area contributed by atoms with Gasteiger partial charge >= 0.3 is 0 Å². The number of nitrogens with zero attached hydrogens (tertiary/aromatic N) is 2. The zero-order chi connectivity index (χ0) is 14.3. The van der Waals surface area contributed by atoms with Crippen LogP contribution in [0.2, 0.25) is 0 Å². The van der Waals surface area contributed by atoms with E-state index in [1.165, 1.54) is 0 Å². The molecule has 0 radical (unpaired) electrons. The minimum absolute atomic E-state index is 0.125. The molecule has 1 unspecified atom stereocenters. The molecule has 2 aromatic heterocycles. The van der Waals surface area contributed by atoms with Crippen molar-refractivity contribution in [2.75, 3.05) is 0 Å². The van der Waals surface area contributed by atoms with Crippen LogP contribution in [0, 0.1) is 5.41 Å². The fourth-order valence-corrected chi connectivity index (χ4v) is 2.00. The van der Waals surface area contributed by atoms with Crippen LogP contribution in [0.15, 0.2) is 39.5 Å². The van der Waals surface area contributed by atoms with Gasteiger partial charge < -0.3 is 14.7 Å². The largest absolute Gasteiger partial charge is 0.463 e. The van der Waals surface area contributed by atoms with Crippen molar-refractivity contribution in [1.82, 2.24) is 10.1 Å². The molecule has 2 heterocycles. The molecule has 0 spiro atoms. The molecule has 0 bridgehead atoms. The molecule has 0 aliphatic carbocycles. The standard InChI is InChI=1S/C15H17N3O2/c1-15(2,3)12(16)13-17-14(20-18-13)10-8-19-11-7-5-4-6-9(10)11/h4-8,12H,16H2,1-3H3. The van der Waals surface area contributed by atoms with Crippen LogP contribution in [0.25, 0.3) is 22.4 Å². The molecule has 3 aromatic rings. The van der Waals surface area contributed by atoms with E-state index in [2.05, 4.69) is 10.1 Å². The number of hydrogen-bond donors (Lipinski definition) is 1. The van der Waals surface area contributed by atoms with Crippen molar-refractivity contribution >= 4 is 11.0 Å². The van der Waals surface area contributed by atoms with Crippen molar-refractivity contribution < 1.29 is 8.94 Å². The maximum Gasteiger partial charge on any atom is 0.261 e. The van der Waals surface area contributed by atoms with Crippen LogP contribution in [-0.4, -0.2) is 10.1 Å².